The molecule has 0 aliphatic heterocycles. The van der Waals surface area contributed by atoms with Crippen LogP contribution < -0.4 is 20.8 Å². The van der Waals surface area contributed by atoms with E-state index >= 15 is 0 Å². The molecule has 44 heavy (non-hydrogen) atoms. The number of carbonyl (C=O) groups excluding carboxylic acids is 3. The monoisotopic (exact) mass is 650 g/mol. The van der Waals surface area contributed by atoms with Crippen molar-refractivity contribution in [3.05, 3.63) is 125 Å². The number of benzene rings is 4. The molecule has 3 amide bonds. The lowest BCUT2D eigenvalue weighted by atomic mass is 10.1. The van der Waals surface area contributed by atoms with Crippen molar-refractivity contribution in [1.82, 2.24) is 15.2 Å². The number of para-hydroxylation sites is 2. The van der Waals surface area contributed by atoms with Gasteiger partial charge in [0.2, 0.25) is 0 Å². The van der Waals surface area contributed by atoms with E-state index in [2.05, 4.69) is 37.1 Å². The predicted molar refractivity (Wildman–Crippen MR) is 173 cm³/mol. The average molecular weight is 652 g/mol. The van der Waals surface area contributed by atoms with Gasteiger partial charge < -0.3 is 15.4 Å². The molecule has 220 valence electrons. The maximum atomic E-state index is 13.0. The summed E-state index contributed by atoms with van der Waals surface area (Å²) < 4.78 is 8.06. The number of hydrazone groups is 1. The van der Waals surface area contributed by atoms with Gasteiger partial charge in [-0.1, -0.05) is 58.4 Å². The minimum Gasteiger partial charge on any atom is -0.494 e. The second-order valence-corrected chi connectivity index (χ2v) is 10.2. The molecular weight excluding hydrogens is 624 g/mol. The van der Waals surface area contributed by atoms with Gasteiger partial charge in [0.15, 0.2) is 0 Å². The van der Waals surface area contributed by atoms with Gasteiger partial charge in [-0.3, -0.25) is 14.4 Å². The number of anilines is 2. The lowest BCUT2D eigenvalue weighted by Gasteiger charge is -2.11. The van der Waals surface area contributed by atoms with E-state index in [4.69, 9.17) is 9.84 Å². The van der Waals surface area contributed by atoms with Crippen molar-refractivity contribution in [2.24, 2.45) is 5.10 Å². The van der Waals surface area contributed by atoms with Gasteiger partial charge >= 0.3 is 11.8 Å². The molecule has 0 unspecified atom stereocenters. The summed E-state index contributed by atoms with van der Waals surface area (Å²) in [5.74, 6) is -1.78. The SMILES string of the molecule is CCOc1ccc(NC(=O)c2ccccc2NC(=O)C(=O)NN=Cc2cn(-c3ccccc3)nc2-c2ccc(Br)cc2)cc1. The molecule has 4 aromatic carbocycles. The standard InChI is InChI=1S/C33H27BrN6O4/c1-2-44-27-18-16-25(17-19-27)36-31(41)28-10-6-7-11-29(28)37-32(42)33(43)38-35-20-23-21-40(26-8-4-3-5-9-26)39-30(23)22-12-14-24(34)15-13-22/h3-21H,2H2,1H3,(H,36,41)(H,37,42)(H,38,43). The Kier molecular flexibility index (Phi) is 9.57. The molecule has 1 heterocycles. The van der Waals surface area contributed by atoms with E-state index in [1.54, 1.807) is 53.3 Å². The van der Waals surface area contributed by atoms with Crippen LogP contribution in [0.5, 0.6) is 5.75 Å². The van der Waals surface area contributed by atoms with Crippen molar-refractivity contribution in [3.8, 4) is 22.7 Å². The van der Waals surface area contributed by atoms with Gasteiger partial charge in [-0.2, -0.15) is 10.2 Å². The highest BCUT2D eigenvalue weighted by atomic mass is 79.9. The van der Waals surface area contributed by atoms with E-state index in [9.17, 15) is 14.4 Å². The van der Waals surface area contributed by atoms with Gasteiger partial charge in [-0.15, -0.1) is 0 Å². The summed E-state index contributed by atoms with van der Waals surface area (Å²) in [6.07, 6.45) is 3.20. The summed E-state index contributed by atoms with van der Waals surface area (Å²) in [6.45, 7) is 2.42. The molecule has 1 aromatic heterocycles. The van der Waals surface area contributed by atoms with E-state index in [1.807, 2.05) is 61.5 Å². The van der Waals surface area contributed by atoms with Crippen LogP contribution in [0.25, 0.3) is 16.9 Å². The maximum absolute atomic E-state index is 13.0. The topological polar surface area (TPSA) is 127 Å². The highest BCUT2D eigenvalue weighted by molar-refractivity contribution is 9.10. The van der Waals surface area contributed by atoms with Crippen LogP contribution in [0.3, 0.4) is 0 Å². The Balaban J connectivity index is 1.27. The maximum Gasteiger partial charge on any atom is 0.329 e. The molecule has 0 fully saturated rings. The van der Waals surface area contributed by atoms with E-state index in [1.165, 1.54) is 12.3 Å². The number of halogens is 1. The first-order valence-electron chi connectivity index (χ1n) is 13.6. The Labute approximate surface area is 261 Å². The third-order valence-corrected chi connectivity index (χ3v) is 6.83. The van der Waals surface area contributed by atoms with Crippen molar-refractivity contribution in [3.63, 3.8) is 0 Å². The van der Waals surface area contributed by atoms with Gasteiger partial charge in [0, 0.05) is 27.5 Å². The van der Waals surface area contributed by atoms with Crippen molar-refractivity contribution in [1.29, 1.82) is 0 Å². The van der Waals surface area contributed by atoms with Crippen LogP contribution in [-0.2, 0) is 9.59 Å². The molecule has 0 saturated heterocycles. The Morgan fingerprint density at radius 1 is 0.864 bits per heavy atom. The van der Waals surface area contributed by atoms with Gasteiger partial charge in [0.1, 0.15) is 11.4 Å². The average Bonchev–Trinajstić information content (AvgIpc) is 3.47. The van der Waals surface area contributed by atoms with Gasteiger partial charge in [0.25, 0.3) is 5.91 Å². The van der Waals surface area contributed by atoms with E-state index in [-0.39, 0.29) is 11.3 Å². The number of carbonyl (C=O) groups is 3. The van der Waals surface area contributed by atoms with Gasteiger partial charge in [0.05, 0.1) is 29.8 Å². The Hall–Kier alpha value is -5.55. The van der Waals surface area contributed by atoms with Crippen molar-refractivity contribution in [2.45, 2.75) is 6.92 Å². The second-order valence-electron chi connectivity index (χ2n) is 9.33. The third kappa shape index (κ3) is 7.44. The molecule has 0 aliphatic carbocycles. The summed E-state index contributed by atoms with van der Waals surface area (Å²) in [4.78, 5) is 38.3. The van der Waals surface area contributed by atoms with Crippen molar-refractivity contribution < 1.29 is 19.1 Å². The lowest BCUT2D eigenvalue weighted by Crippen LogP contribution is -2.33. The van der Waals surface area contributed by atoms with Crippen LogP contribution in [0.1, 0.15) is 22.8 Å². The van der Waals surface area contributed by atoms with Crippen LogP contribution in [-0.4, -0.2) is 40.3 Å². The number of rotatable bonds is 9. The molecule has 0 bridgehead atoms. The fourth-order valence-corrected chi connectivity index (χ4v) is 4.47. The number of hydrogen-bond acceptors (Lipinski definition) is 6. The minimum absolute atomic E-state index is 0.168. The lowest BCUT2D eigenvalue weighted by molar-refractivity contribution is -0.136. The fraction of sp³-hybridized carbons (Fsp3) is 0.0606. The first kappa shape index (κ1) is 29.9. The zero-order valence-corrected chi connectivity index (χ0v) is 25.1. The molecule has 10 nitrogen and oxygen atoms in total. The number of nitrogens with one attached hydrogen (secondary N) is 3. The van der Waals surface area contributed by atoms with Crippen LogP contribution in [0.2, 0.25) is 0 Å². The van der Waals surface area contributed by atoms with Gasteiger partial charge in [-0.05, 0) is 67.6 Å². The molecule has 5 aromatic rings. The quantitative estimate of drug-likeness (QED) is 0.102. The first-order chi connectivity index (χ1) is 21.4. The molecule has 3 N–H and O–H groups in total. The second kappa shape index (κ2) is 14.1. The predicted octanol–water partition coefficient (Wildman–Crippen LogP) is 6.04. The molecule has 0 radical (unpaired) electrons. The zero-order chi connectivity index (χ0) is 30.9. The molecule has 11 heteroatoms. The Morgan fingerprint density at radius 3 is 2.30 bits per heavy atom. The molecule has 0 aliphatic rings. The number of amides is 3. The Bertz CT molecular complexity index is 1800. The molecule has 5 rings (SSSR count). The van der Waals surface area contributed by atoms with Crippen molar-refractivity contribution in [2.75, 3.05) is 17.2 Å². The van der Waals surface area contributed by atoms with Crippen LogP contribution >= 0.6 is 15.9 Å². The first-order valence-corrected chi connectivity index (χ1v) is 14.4. The molecular formula is C33H27BrN6O4. The normalized spacial score (nSPS) is 10.8. The number of hydrogen-bond donors (Lipinski definition) is 3. The summed E-state index contributed by atoms with van der Waals surface area (Å²) in [5.41, 5.74) is 6.09. The largest absolute Gasteiger partial charge is 0.494 e. The number of nitrogens with zero attached hydrogens (tertiary/aromatic N) is 3. The van der Waals surface area contributed by atoms with E-state index in [0.717, 1.165) is 15.7 Å². The van der Waals surface area contributed by atoms with E-state index in [0.29, 0.717) is 29.3 Å². The van der Waals surface area contributed by atoms with E-state index < -0.39 is 17.7 Å². The molecule has 0 saturated carbocycles. The summed E-state index contributed by atoms with van der Waals surface area (Å²) >= 11 is 3.44. The number of aromatic nitrogens is 2. The van der Waals surface area contributed by atoms with Crippen LogP contribution in [0.4, 0.5) is 11.4 Å². The highest BCUT2D eigenvalue weighted by Crippen LogP contribution is 2.25. The number of ether oxygens (including phenoxy) is 1. The van der Waals surface area contributed by atoms with Gasteiger partial charge in [-0.25, -0.2) is 10.1 Å². The molecule has 0 atom stereocenters. The summed E-state index contributed by atoms with van der Waals surface area (Å²) in [7, 11) is 0. The third-order valence-electron chi connectivity index (χ3n) is 6.30. The fourth-order valence-electron chi connectivity index (χ4n) is 4.21. The summed E-state index contributed by atoms with van der Waals surface area (Å²) in [6, 6.07) is 30.5. The van der Waals surface area contributed by atoms with Crippen LogP contribution in [0.15, 0.2) is 119 Å². The molecule has 0 spiro atoms. The zero-order valence-electron chi connectivity index (χ0n) is 23.5. The summed E-state index contributed by atoms with van der Waals surface area (Å²) in [5, 5.41) is 14.0. The van der Waals surface area contributed by atoms with Crippen LogP contribution in [0, 0.1) is 0 Å². The smallest absolute Gasteiger partial charge is 0.329 e. The van der Waals surface area contributed by atoms with Crippen molar-refractivity contribution >= 4 is 51.2 Å². The minimum atomic E-state index is -1.01. The Morgan fingerprint density at radius 2 is 1.57 bits per heavy atom. The highest BCUT2D eigenvalue weighted by Gasteiger charge is 2.18.